The first kappa shape index (κ1) is 12.5. The zero-order valence-corrected chi connectivity index (χ0v) is 10.3. The number of imide groups is 1. The lowest BCUT2D eigenvalue weighted by atomic mass is 10.0. The van der Waals surface area contributed by atoms with Gasteiger partial charge in [0.15, 0.2) is 0 Å². The highest BCUT2D eigenvalue weighted by Gasteiger charge is 2.39. The molecule has 0 radical (unpaired) electrons. The first-order valence-corrected chi connectivity index (χ1v) is 5.85. The summed E-state index contributed by atoms with van der Waals surface area (Å²) in [5.74, 6) is -0.585. The molecular formula is C13H15FN2O2. The van der Waals surface area contributed by atoms with E-state index in [1.165, 1.54) is 12.1 Å². The highest BCUT2D eigenvalue weighted by atomic mass is 19.1. The molecule has 2 rings (SSSR count). The second-order valence-electron chi connectivity index (χ2n) is 4.73. The molecule has 5 heteroatoms. The van der Waals surface area contributed by atoms with Gasteiger partial charge < -0.3 is 5.32 Å². The fraction of sp³-hybridized carbons (Fsp3) is 0.385. The first-order chi connectivity index (χ1) is 8.49. The predicted octanol–water partition coefficient (Wildman–Crippen LogP) is 1.90. The van der Waals surface area contributed by atoms with E-state index >= 15 is 0 Å². The lowest BCUT2D eigenvalue weighted by Gasteiger charge is -2.14. The molecule has 1 aromatic carbocycles. The first-order valence-electron chi connectivity index (χ1n) is 5.85. The van der Waals surface area contributed by atoms with Crippen LogP contribution in [-0.4, -0.2) is 22.9 Å². The molecule has 3 amide bonds. The number of nitrogens with zero attached hydrogens (tertiary/aromatic N) is 1. The number of amides is 3. The van der Waals surface area contributed by atoms with Gasteiger partial charge in [0.05, 0.1) is 6.54 Å². The van der Waals surface area contributed by atoms with Crippen LogP contribution in [0.4, 0.5) is 9.18 Å². The van der Waals surface area contributed by atoms with Crippen molar-refractivity contribution >= 4 is 11.9 Å². The number of hydrogen-bond acceptors (Lipinski definition) is 2. The smallest absolute Gasteiger partial charge is 0.325 e. The molecule has 1 fully saturated rings. The average molecular weight is 250 g/mol. The third-order valence-corrected chi connectivity index (χ3v) is 2.95. The van der Waals surface area contributed by atoms with E-state index in [2.05, 4.69) is 5.32 Å². The number of carbonyl (C=O) groups excluding carboxylic acids is 2. The summed E-state index contributed by atoms with van der Waals surface area (Å²) in [4.78, 5) is 24.8. The van der Waals surface area contributed by atoms with Gasteiger partial charge in [-0.05, 0) is 23.6 Å². The molecular weight excluding hydrogens is 235 g/mol. The van der Waals surface area contributed by atoms with Crippen LogP contribution in [0.15, 0.2) is 24.3 Å². The van der Waals surface area contributed by atoms with Gasteiger partial charge in [-0.15, -0.1) is 0 Å². The van der Waals surface area contributed by atoms with Crippen molar-refractivity contribution in [3.63, 3.8) is 0 Å². The standard InChI is InChI=1S/C13H15FN2O2/c1-8(2)11-12(17)16(13(18)15-11)7-9-4-3-5-10(14)6-9/h3-6,8,11H,7H2,1-2H3,(H,15,18)/t11-/m0/s1. The number of benzene rings is 1. The highest BCUT2D eigenvalue weighted by molar-refractivity contribution is 6.04. The average Bonchev–Trinajstić information content (AvgIpc) is 2.57. The molecule has 1 aliphatic heterocycles. The summed E-state index contributed by atoms with van der Waals surface area (Å²) in [6.45, 7) is 3.84. The number of hydrogen-bond donors (Lipinski definition) is 1. The number of rotatable bonds is 3. The fourth-order valence-corrected chi connectivity index (χ4v) is 1.96. The van der Waals surface area contributed by atoms with Crippen molar-refractivity contribution in [2.45, 2.75) is 26.4 Å². The Bertz CT molecular complexity index is 488. The summed E-state index contributed by atoms with van der Waals surface area (Å²) in [5, 5.41) is 2.63. The molecule has 1 atom stereocenters. The van der Waals surface area contributed by atoms with Crippen LogP contribution in [0.5, 0.6) is 0 Å². The minimum atomic E-state index is -0.481. The zero-order valence-electron chi connectivity index (χ0n) is 10.3. The van der Waals surface area contributed by atoms with Gasteiger partial charge >= 0.3 is 6.03 Å². The molecule has 1 saturated heterocycles. The monoisotopic (exact) mass is 250 g/mol. The largest absolute Gasteiger partial charge is 0.326 e. The molecule has 96 valence electrons. The van der Waals surface area contributed by atoms with Gasteiger partial charge in [0.25, 0.3) is 5.91 Å². The Balaban J connectivity index is 2.15. The summed E-state index contributed by atoms with van der Waals surface area (Å²) >= 11 is 0. The van der Waals surface area contributed by atoms with E-state index in [-0.39, 0.29) is 24.2 Å². The quantitative estimate of drug-likeness (QED) is 0.833. The van der Waals surface area contributed by atoms with Crippen LogP contribution in [0, 0.1) is 11.7 Å². The molecule has 0 aliphatic carbocycles. The number of urea groups is 1. The van der Waals surface area contributed by atoms with Gasteiger partial charge in [-0.1, -0.05) is 26.0 Å². The summed E-state index contributed by atoms with van der Waals surface area (Å²) in [5.41, 5.74) is 0.600. The van der Waals surface area contributed by atoms with Crippen molar-refractivity contribution in [1.29, 1.82) is 0 Å². The van der Waals surface area contributed by atoms with Gasteiger partial charge in [0.1, 0.15) is 11.9 Å². The summed E-state index contributed by atoms with van der Waals surface area (Å²) in [6.07, 6.45) is 0. The molecule has 0 saturated carbocycles. The molecule has 18 heavy (non-hydrogen) atoms. The molecule has 1 heterocycles. The number of nitrogens with one attached hydrogen (secondary N) is 1. The van der Waals surface area contributed by atoms with Crippen molar-refractivity contribution in [3.05, 3.63) is 35.6 Å². The van der Waals surface area contributed by atoms with Crippen molar-refractivity contribution in [3.8, 4) is 0 Å². The number of carbonyl (C=O) groups is 2. The topological polar surface area (TPSA) is 49.4 Å². The van der Waals surface area contributed by atoms with Gasteiger partial charge in [-0.2, -0.15) is 0 Å². The Morgan fingerprint density at radius 2 is 2.11 bits per heavy atom. The van der Waals surface area contributed by atoms with Crippen LogP contribution < -0.4 is 5.32 Å². The van der Waals surface area contributed by atoms with Gasteiger partial charge in [-0.25, -0.2) is 9.18 Å². The molecule has 0 unspecified atom stereocenters. The zero-order chi connectivity index (χ0) is 13.3. The fourth-order valence-electron chi connectivity index (χ4n) is 1.96. The van der Waals surface area contributed by atoms with Crippen LogP contribution in [0.3, 0.4) is 0 Å². The Morgan fingerprint density at radius 3 is 2.67 bits per heavy atom. The highest BCUT2D eigenvalue weighted by Crippen LogP contribution is 2.17. The predicted molar refractivity (Wildman–Crippen MR) is 64.1 cm³/mol. The van der Waals surface area contributed by atoms with Crippen LogP contribution in [0.1, 0.15) is 19.4 Å². The van der Waals surface area contributed by atoms with Gasteiger partial charge in [0.2, 0.25) is 0 Å². The normalized spacial score (nSPS) is 19.6. The van der Waals surface area contributed by atoms with Crippen LogP contribution in [0.25, 0.3) is 0 Å². The van der Waals surface area contributed by atoms with Gasteiger partial charge in [0, 0.05) is 0 Å². The van der Waals surface area contributed by atoms with Crippen molar-refractivity contribution in [2.24, 2.45) is 5.92 Å². The Hall–Kier alpha value is -1.91. The lowest BCUT2D eigenvalue weighted by Crippen LogP contribution is -2.34. The number of halogens is 1. The van der Waals surface area contributed by atoms with E-state index in [9.17, 15) is 14.0 Å². The van der Waals surface area contributed by atoms with Gasteiger partial charge in [-0.3, -0.25) is 9.69 Å². The maximum absolute atomic E-state index is 13.0. The molecule has 1 N–H and O–H groups in total. The molecule has 4 nitrogen and oxygen atoms in total. The Morgan fingerprint density at radius 1 is 1.39 bits per heavy atom. The van der Waals surface area contributed by atoms with Crippen molar-refractivity contribution < 1.29 is 14.0 Å². The maximum atomic E-state index is 13.0. The van der Waals surface area contributed by atoms with Crippen molar-refractivity contribution in [2.75, 3.05) is 0 Å². The summed E-state index contributed by atoms with van der Waals surface area (Å²) in [6, 6.07) is 5.00. The summed E-state index contributed by atoms with van der Waals surface area (Å²) < 4.78 is 13.0. The van der Waals surface area contributed by atoms with Crippen LogP contribution in [0.2, 0.25) is 0 Å². The SMILES string of the molecule is CC(C)[C@@H]1NC(=O)N(Cc2cccc(F)c2)C1=O. The minimum Gasteiger partial charge on any atom is -0.326 e. The van der Waals surface area contributed by atoms with E-state index in [0.717, 1.165) is 4.90 Å². The second kappa shape index (κ2) is 4.76. The molecule has 0 aromatic heterocycles. The molecule has 0 bridgehead atoms. The maximum Gasteiger partial charge on any atom is 0.325 e. The summed E-state index contributed by atoms with van der Waals surface area (Å²) in [7, 11) is 0. The third-order valence-electron chi connectivity index (χ3n) is 2.95. The second-order valence-corrected chi connectivity index (χ2v) is 4.73. The van der Waals surface area contributed by atoms with E-state index < -0.39 is 12.1 Å². The third kappa shape index (κ3) is 2.34. The van der Waals surface area contributed by atoms with Crippen molar-refractivity contribution in [1.82, 2.24) is 10.2 Å². The van der Waals surface area contributed by atoms with E-state index in [0.29, 0.717) is 5.56 Å². The minimum absolute atomic E-state index is 0.0407. The Kier molecular flexibility index (Phi) is 3.32. The lowest BCUT2D eigenvalue weighted by molar-refractivity contribution is -0.128. The van der Waals surface area contributed by atoms with E-state index in [4.69, 9.17) is 0 Å². The van der Waals surface area contributed by atoms with Crippen LogP contribution >= 0.6 is 0 Å². The molecule has 0 spiro atoms. The van der Waals surface area contributed by atoms with E-state index in [1.54, 1.807) is 12.1 Å². The van der Waals surface area contributed by atoms with Crippen LogP contribution in [-0.2, 0) is 11.3 Å². The Labute approximate surface area is 105 Å². The molecule has 1 aliphatic rings. The molecule has 1 aromatic rings. The van der Waals surface area contributed by atoms with E-state index in [1.807, 2.05) is 13.8 Å².